The third-order valence-electron chi connectivity index (χ3n) is 5.35. The highest BCUT2D eigenvalue weighted by molar-refractivity contribution is 6.07. The molecule has 4 rings (SSSR count). The number of hydrogen-bond donors (Lipinski definition) is 2. The first-order valence-corrected chi connectivity index (χ1v) is 9.56. The van der Waals surface area contributed by atoms with Crippen LogP contribution in [-0.2, 0) is 11.2 Å². The van der Waals surface area contributed by atoms with Crippen molar-refractivity contribution in [3.8, 4) is 0 Å². The number of benzene rings is 1. The Bertz CT molecular complexity index is 842. The summed E-state index contributed by atoms with van der Waals surface area (Å²) in [6.45, 7) is 2.73. The van der Waals surface area contributed by atoms with Crippen LogP contribution in [0.3, 0.4) is 0 Å². The van der Waals surface area contributed by atoms with Crippen molar-refractivity contribution in [2.75, 3.05) is 29.9 Å². The summed E-state index contributed by atoms with van der Waals surface area (Å²) in [6.07, 6.45) is 6.68. The Balaban J connectivity index is 0.00000150. The van der Waals surface area contributed by atoms with Gasteiger partial charge in [-0.05, 0) is 74.2 Å². The van der Waals surface area contributed by atoms with Crippen LogP contribution in [0.2, 0.25) is 0 Å². The Hall–Kier alpha value is -2.15. The second-order valence-corrected chi connectivity index (χ2v) is 7.24. The van der Waals surface area contributed by atoms with E-state index in [1.165, 1.54) is 0 Å². The van der Waals surface area contributed by atoms with Crippen LogP contribution in [0.15, 0.2) is 42.7 Å². The molecular weight excluding hydrogens is 411 g/mol. The van der Waals surface area contributed by atoms with E-state index >= 15 is 0 Å². The third-order valence-corrected chi connectivity index (χ3v) is 5.35. The summed E-state index contributed by atoms with van der Waals surface area (Å²) in [5.41, 5.74) is 3.40. The second-order valence-electron chi connectivity index (χ2n) is 7.24. The number of aromatic nitrogens is 1. The van der Waals surface area contributed by atoms with Gasteiger partial charge in [-0.2, -0.15) is 0 Å². The molecule has 156 valence electrons. The third kappa shape index (κ3) is 5.47. The van der Waals surface area contributed by atoms with Gasteiger partial charge in [0, 0.05) is 36.7 Å². The van der Waals surface area contributed by atoms with Crippen LogP contribution in [-0.4, -0.2) is 36.4 Å². The number of carbonyl (C=O) groups is 2. The van der Waals surface area contributed by atoms with Crippen LogP contribution in [0.4, 0.5) is 11.4 Å². The van der Waals surface area contributed by atoms with E-state index in [1.54, 1.807) is 29.4 Å². The molecule has 1 saturated heterocycles. The van der Waals surface area contributed by atoms with Crippen molar-refractivity contribution in [2.24, 2.45) is 5.92 Å². The summed E-state index contributed by atoms with van der Waals surface area (Å²) in [5.74, 6) is 0.634. The topological polar surface area (TPSA) is 74.3 Å². The van der Waals surface area contributed by atoms with Gasteiger partial charge in [0.25, 0.3) is 5.91 Å². The summed E-state index contributed by atoms with van der Waals surface area (Å²) >= 11 is 0. The predicted molar refractivity (Wildman–Crippen MR) is 119 cm³/mol. The van der Waals surface area contributed by atoms with Gasteiger partial charge in [0.15, 0.2) is 0 Å². The number of fused-ring (bicyclic) bond motifs is 1. The Kier molecular flexibility index (Phi) is 8.44. The molecular formula is C21H26Cl2N4O2. The summed E-state index contributed by atoms with van der Waals surface area (Å²) in [6, 6.07) is 9.34. The maximum absolute atomic E-state index is 12.7. The van der Waals surface area contributed by atoms with Crippen LogP contribution in [0.5, 0.6) is 0 Å². The molecule has 1 aromatic heterocycles. The fraction of sp³-hybridized carbons (Fsp3) is 0.381. The largest absolute Gasteiger partial charge is 0.326 e. The average molecular weight is 437 g/mol. The van der Waals surface area contributed by atoms with E-state index in [2.05, 4.69) is 15.6 Å². The molecule has 1 aromatic carbocycles. The molecule has 3 heterocycles. The van der Waals surface area contributed by atoms with Gasteiger partial charge in [0.2, 0.25) is 5.91 Å². The number of halogens is 2. The molecule has 0 spiro atoms. The lowest BCUT2D eigenvalue weighted by atomic mass is 10.0. The molecule has 6 nitrogen and oxygen atoms in total. The van der Waals surface area contributed by atoms with Crippen LogP contribution >= 0.6 is 24.8 Å². The molecule has 1 fully saturated rings. The summed E-state index contributed by atoms with van der Waals surface area (Å²) in [5, 5.41) is 6.33. The van der Waals surface area contributed by atoms with E-state index in [9.17, 15) is 9.59 Å². The first-order chi connectivity index (χ1) is 13.2. The molecule has 2 aromatic rings. The van der Waals surface area contributed by atoms with Crippen molar-refractivity contribution >= 4 is 48.0 Å². The van der Waals surface area contributed by atoms with Gasteiger partial charge in [-0.15, -0.1) is 24.8 Å². The molecule has 0 saturated carbocycles. The molecule has 0 bridgehead atoms. The second kappa shape index (κ2) is 10.6. The quantitative estimate of drug-likeness (QED) is 0.752. The van der Waals surface area contributed by atoms with E-state index in [1.807, 2.05) is 18.2 Å². The Labute approximate surface area is 183 Å². The summed E-state index contributed by atoms with van der Waals surface area (Å²) in [7, 11) is 0. The number of hydrogen-bond acceptors (Lipinski definition) is 4. The Morgan fingerprint density at radius 1 is 1.24 bits per heavy atom. The number of pyridine rings is 1. The fourth-order valence-electron chi connectivity index (χ4n) is 3.86. The first-order valence-electron chi connectivity index (χ1n) is 9.56. The lowest BCUT2D eigenvalue weighted by molar-refractivity contribution is -0.116. The minimum atomic E-state index is -0.0381. The summed E-state index contributed by atoms with van der Waals surface area (Å²) < 4.78 is 0. The van der Waals surface area contributed by atoms with Crippen molar-refractivity contribution in [2.45, 2.75) is 25.7 Å². The van der Waals surface area contributed by atoms with E-state index in [-0.39, 0.29) is 36.6 Å². The molecule has 1 unspecified atom stereocenters. The zero-order chi connectivity index (χ0) is 18.6. The van der Waals surface area contributed by atoms with Crippen molar-refractivity contribution in [1.29, 1.82) is 0 Å². The minimum Gasteiger partial charge on any atom is -0.326 e. The Morgan fingerprint density at radius 3 is 2.83 bits per heavy atom. The van der Waals surface area contributed by atoms with Gasteiger partial charge in [0.05, 0.1) is 5.56 Å². The van der Waals surface area contributed by atoms with Crippen molar-refractivity contribution in [3.63, 3.8) is 0 Å². The van der Waals surface area contributed by atoms with E-state index < -0.39 is 0 Å². The van der Waals surface area contributed by atoms with Crippen molar-refractivity contribution in [3.05, 3.63) is 53.9 Å². The van der Waals surface area contributed by atoms with E-state index in [0.717, 1.165) is 49.3 Å². The van der Waals surface area contributed by atoms with Gasteiger partial charge in [-0.1, -0.05) is 0 Å². The molecule has 0 aliphatic carbocycles. The normalized spacial score (nSPS) is 17.1. The number of nitrogens with one attached hydrogen (secondary N) is 2. The maximum atomic E-state index is 12.7. The number of carbonyl (C=O) groups excluding carboxylic acids is 2. The summed E-state index contributed by atoms with van der Waals surface area (Å²) in [4.78, 5) is 30.7. The van der Waals surface area contributed by atoms with Crippen molar-refractivity contribution < 1.29 is 9.59 Å². The number of amides is 2. The van der Waals surface area contributed by atoms with Crippen LogP contribution in [0.25, 0.3) is 0 Å². The minimum absolute atomic E-state index is 0. The number of anilines is 2. The molecule has 29 heavy (non-hydrogen) atoms. The van der Waals surface area contributed by atoms with Gasteiger partial charge >= 0.3 is 0 Å². The number of rotatable bonds is 5. The monoisotopic (exact) mass is 436 g/mol. The fourth-order valence-corrected chi connectivity index (χ4v) is 3.86. The van der Waals surface area contributed by atoms with Crippen LogP contribution in [0.1, 0.15) is 35.2 Å². The standard InChI is InChI=1S/C21H24N4O2.2ClH/c26-20(6-3-15-7-10-23-13-15)24-18-4-5-19-16(12-18)8-11-25(19)21(27)17-2-1-9-22-14-17;;/h1-2,4-5,9,12,14-15,23H,3,6-8,10-11,13H2,(H,24,26);2*1H. The Morgan fingerprint density at radius 2 is 2.10 bits per heavy atom. The van der Waals surface area contributed by atoms with Gasteiger partial charge in [-0.25, -0.2) is 0 Å². The first kappa shape index (κ1) is 23.1. The van der Waals surface area contributed by atoms with Gasteiger partial charge in [0.1, 0.15) is 0 Å². The molecule has 1 atom stereocenters. The number of nitrogens with zero attached hydrogens (tertiary/aromatic N) is 2. The van der Waals surface area contributed by atoms with Gasteiger partial charge in [-0.3, -0.25) is 14.6 Å². The van der Waals surface area contributed by atoms with E-state index in [4.69, 9.17) is 0 Å². The average Bonchev–Trinajstić information content (AvgIpc) is 3.36. The molecule has 0 radical (unpaired) electrons. The lowest BCUT2D eigenvalue weighted by Crippen LogP contribution is -2.28. The molecule has 2 amide bonds. The molecule has 2 N–H and O–H groups in total. The van der Waals surface area contributed by atoms with Gasteiger partial charge < -0.3 is 15.5 Å². The highest BCUT2D eigenvalue weighted by Gasteiger charge is 2.26. The molecule has 8 heteroatoms. The predicted octanol–water partition coefficient (Wildman–Crippen LogP) is 3.46. The highest BCUT2D eigenvalue weighted by Crippen LogP contribution is 2.31. The van der Waals surface area contributed by atoms with Crippen LogP contribution < -0.4 is 15.5 Å². The molecule has 2 aliphatic heterocycles. The zero-order valence-electron chi connectivity index (χ0n) is 16.1. The van der Waals surface area contributed by atoms with E-state index in [0.29, 0.717) is 24.4 Å². The van der Waals surface area contributed by atoms with Crippen molar-refractivity contribution in [1.82, 2.24) is 10.3 Å². The van der Waals surface area contributed by atoms with Crippen LogP contribution in [0, 0.1) is 5.92 Å². The zero-order valence-corrected chi connectivity index (χ0v) is 17.7. The maximum Gasteiger partial charge on any atom is 0.259 e. The highest BCUT2D eigenvalue weighted by atomic mass is 35.5. The smallest absolute Gasteiger partial charge is 0.259 e. The molecule has 2 aliphatic rings. The SMILES string of the molecule is Cl.Cl.O=C(CCC1CCNC1)Nc1ccc2c(c1)CCN2C(=O)c1cccnc1. The lowest BCUT2D eigenvalue weighted by Gasteiger charge is -2.17.